The molecule has 0 bridgehead atoms. The Morgan fingerprint density at radius 2 is 1.91 bits per heavy atom. The van der Waals surface area contributed by atoms with E-state index in [2.05, 4.69) is 49.5 Å². The predicted octanol–water partition coefficient (Wildman–Crippen LogP) is 1.08. The quantitative estimate of drug-likeness (QED) is 0.333. The van der Waals surface area contributed by atoms with E-state index < -0.39 is 24.5 Å². The van der Waals surface area contributed by atoms with Crippen LogP contribution < -0.4 is 10.4 Å². The summed E-state index contributed by atoms with van der Waals surface area (Å²) in [6.07, 6.45) is 2.49. The van der Waals surface area contributed by atoms with Gasteiger partial charge in [-0.1, -0.05) is 26.7 Å². The number of aryl methyl sites for hydroxylation is 1. The second kappa shape index (κ2) is 9.60. The maximum absolute atomic E-state index is 10.9. The highest BCUT2D eigenvalue weighted by atomic mass is 16.6. The van der Waals surface area contributed by atoms with Crippen molar-refractivity contribution < 1.29 is 20.2 Å². The summed E-state index contributed by atoms with van der Waals surface area (Å²) in [5.74, 6) is 0.814. The van der Waals surface area contributed by atoms with E-state index in [0.29, 0.717) is 17.0 Å². The number of nitrogens with zero attached hydrogens (tertiary/aromatic N) is 9. The van der Waals surface area contributed by atoms with Gasteiger partial charge in [0.2, 0.25) is 5.82 Å². The van der Waals surface area contributed by atoms with Crippen LogP contribution in [0.25, 0.3) is 11.2 Å². The van der Waals surface area contributed by atoms with Gasteiger partial charge in [0.25, 0.3) is 5.95 Å². The number of fused-ring (bicyclic) bond motifs is 1. The first-order valence-corrected chi connectivity index (χ1v) is 12.2. The maximum atomic E-state index is 10.9. The van der Waals surface area contributed by atoms with Crippen LogP contribution in [0, 0.1) is 0 Å². The molecule has 0 radical (unpaired) electrons. The molecule has 4 heterocycles. The molecule has 2 aliphatic rings. The van der Waals surface area contributed by atoms with Crippen LogP contribution in [0.2, 0.25) is 0 Å². The SMILES string of the molecule is CCC(CC)Nc1nc(N(O)C2CCCC2)nc2c1ncn2[C@@H]1O[C@H](c2nnn(C)n2)[C@@H](O)[C@H]1O. The van der Waals surface area contributed by atoms with Crippen molar-refractivity contribution in [3.8, 4) is 0 Å². The first kappa shape index (κ1) is 23.8. The highest BCUT2D eigenvalue weighted by Crippen LogP contribution is 2.39. The fraction of sp³-hybridized carbons (Fsp3) is 0.714. The normalized spacial score (nSPS) is 25.2. The molecular formula is C21H32N10O4. The molecule has 0 spiro atoms. The molecule has 14 nitrogen and oxygen atoms in total. The number of imidazole rings is 1. The van der Waals surface area contributed by atoms with Crippen LogP contribution in [0.15, 0.2) is 6.33 Å². The standard InChI is InChI=1S/C21H32N10O4/c1-4-11(5-2)23-17-13-19(25-21(24-17)31(34)12-8-6-7-9-12)30(10-22-13)20-15(33)14(32)16(35-20)18-26-28-29(3)27-18/h10-12,14-16,20,32-34H,4-9H2,1-3H3,(H,23,24,25)/t14-,15+,16-,20+/m0/s1. The van der Waals surface area contributed by atoms with Gasteiger partial charge in [-0.05, 0) is 30.9 Å². The highest BCUT2D eigenvalue weighted by Gasteiger charge is 2.47. The molecule has 0 amide bonds. The first-order chi connectivity index (χ1) is 16.9. The molecular weight excluding hydrogens is 456 g/mol. The van der Waals surface area contributed by atoms with Gasteiger partial charge in [-0.2, -0.15) is 14.8 Å². The maximum Gasteiger partial charge on any atom is 0.253 e. The number of hydroxylamine groups is 1. The first-order valence-electron chi connectivity index (χ1n) is 12.2. The average molecular weight is 489 g/mol. The summed E-state index contributed by atoms with van der Waals surface area (Å²) in [5.41, 5.74) is 0.844. The number of ether oxygens (including phenoxy) is 1. The summed E-state index contributed by atoms with van der Waals surface area (Å²) in [6.45, 7) is 4.17. The summed E-state index contributed by atoms with van der Waals surface area (Å²) in [6, 6.07) is 0.0963. The second-order valence-corrected chi connectivity index (χ2v) is 9.20. The van der Waals surface area contributed by atoms with Gasteiger partial charge in [0.15, 0.2) is 29.3 Å². The Bertz CT molecular complexity index is 1160. The number of nitrogens with one attached hydrogen (secondary N) is 1. The molecule has 3 aromatic heterocycles. The summed E-state index contributed by atoms with van der Waals surface area (Å²) >= 11 is 0. The van der Waals surface area contributed by atoms with Crippen LogP contribution in [0.1, 0.15) is 70.5 Å². The third-order valence-electron chi connectivity index (χ3n) is 6.90. The van der Waals surface area contributed by atoms with Crippen molar-refractivity contribution in [3.05, 3.63) is 12.2 Å². The van der Waals surface area contributed by atoms with E-state index in [-0.39, 0.29) is 23.9 Å². The fourth-order valence-corrected chi connectivity index (χ4v) is 4.81. The molecule has 1 aliphatic carbocycles. The van der Waals surface area contributed by atoms with Crippen molar-refractivity contribution in [1.82, 2.24) is 39.7 Å². The fourth-order valence-electron chi connectivity index (χ4n) is 4.81. The molecule has 1 saturated carbocycles. The van der Waals surface area contributed by atoms with Crippen LogP contribution in [0.3, 0.4) is 0 Å². The van der Waals surface area contributed by atoms with Gasteiger partial charge >= 0.3 is 0 Å². The Morgan fingerprint density at radius 3 is 2.57 bits per heavy atom. The molecule has 4 N–H and O–H groups in total. The molecule has 0 aromatic carbocycles. The lowest BCUT2D eigenvalue weighted by Gasteiger charge is -2.24. The Hall–Kier alpha value is -2.94. The Morgan fingerprint density at radius 1 is 1.17 bits per heavy atom. The number of rotatable bonds is 8. The third-order valence-corrected chi connectivity index (χ3v) is 6.90. The number of aromatic nitrogens is 8. The number of anilines is 2. The van der Waals surface area contributed by atoms with Gasteiger partial charge in [-0.3, -0.25) is 9.77 Å². The molecule has 35 heavy (non-hydrogen) atoms. The predicted molar refractivity (Wildman–Crippen MR) is 124 cm³/mol. The summed E-state index contributed by atoms with van der Waals surface area (Å²) in [5, 5.41) is 48.8. The molecule has 5 rings (SSSR count). The van der Waals surface area contributed by atoms with Crippen molar-refractivity contribution in [2.24, 2.45) is 7.05 Å². The van der Waals surface area contributed by atoms with Gasteiger partial charge < -0.3 is 20.3 Å². The van der Waals surface area contributed by atoms with Gasteiger partial charge in [0, 0.05) is 6.04 Å². The molecule has 4 atom stereocenters. The Labute approximate surface area is 201 Å². The van der Waals surface area contributed by atoms with Gasteiger partial charge in [-0.25, -0.2) is 10.0 Å². The Kier molecular flexibility index (Phi) is 6.53. The number of aliphatic hydroxyl groups excluding tert-OH is 2. The van der Waals surface area contributed by atoms with Crippen LogP contribution in [0.5, 0.6) is 0 Å². The zero-order valence-corrected chi connectivity index (χ0v) is 20.1. The number of tetrazole rings is 1. The largest absolute Gasteiger partial charge is 0.387 e. The zero-order chi connectivity index (χ0) is 24.7. The van der Waals surface area contributed by atoms with Crippen molar-refractivity contribution in [1.29, 1.82) is 0 Å². The van der Waals surface area contributed by atoms with Crippen molar-refractivity contribution in [2.45, 2.75) is 89.0 Å². The molecule has 0 unspecified atom stereocenters. The van der Waals surface area contributed by atoms with E-state index in [0.717, 1.165) is 43.6 Å². The summed E-state index contributed by atoms with van der Waals surface area (Å²) in [4.78, 5) is 15.0. The molecule has 2 fully saturated rings. The van der Waals surface area contributed by atoms with E-state index >= 15 is 0 Å². The van der Waals surface area contributed by atoms with Crippen LogP contribution in [-0.4, -0.2) is 79.4 Å². The molecule has 190 valence electrons. The van der Waals surface area contributed by atoms with Crippen molar-refractivity contribution >= 4 is 22.9 Å². The van der Waals surface area contributed by atoms with E-state index in [9.17, 15) is 15.4 Å². The third kappa shape index (κ3) is 4.30. The van der Waals surface area contributed by atoms with Gasteiger partial charge in [-0.15, -0.1) is 10.2 Å². The van der Waals surface area contributed by atoms with E-state index in [1.807, 2.05) is 0 Å². The van der Waals surface area contributed by atoms with E-state index in [1.165, 1.54) is 11.1 Å². The van der Waals surface area contributed by atoms with Crippen LogP contribution in [0.4, 0.5) is 11.8 Å². The van der Waals surface area contributed by atoms with Crippen LogP contribution >= 0.6 is 0 Å². The summed E-state index contributed by atoms with van der Waals surface area (Å²) < 4.78 is 7.54. The van der Waals surface area contributed by atoms with Crippen molar-refractivity contribution in [3.63, 3.8) is 0 Å². The smallest absolute Gasteiger partial charge is 0.253 e. The number of hydrogen-bond acceptors (Lipinski definition) is 12. The lowest BCUT2D eigenvalue weighted by atomic mass is 10.1. The lowest BCUT2D eigenvalue weighted by molar-refractivity contribution is -0.0384. The van der Waals surface area contributed by atoms with Crippen molar-refractivity contribution in [2.75, 3.05) is 10.4 Å². The monoisotopic (exact) mass is 488 g/mol. The minimum Gasteiger partial charge on any atom is -0.387 e. The minimum absolute atomic E-state index is 0.0629. The highest BCUT2D eigenvalue weighted by molar-refractivity contribution is 5.84. The minimum atomic E-state index is -1.30. The van der Waals surface area contributed by atoms with E-state index in [1.54, 1.807) is 11.6 Å². The molecule has 3 aromatic rings. The lowest BCUT2D eigenvalue weighted by Crippen LogP contribution is -2.32. The van der Waals surface area contributed by atoms with E-state index in [4.69, 9.17) is 4.74 Å². The average Bonchev–Trinajstić information content (AvgIpc) is 3.66. The zero-order valence-electron chi connectivity index (χ0n) is 20.1. The number of aliphatic hydroxyl groups is 2. The number of hydrogen-bond donors (Lipinski definition) is 4. The summed E-state index contributed by atoms with van der Waals surface area (Å²) in [7, 11) is 1.60. The molecule has 14 heteroatoms. The van der Waals surface area contributed by atoms with Crippen LogP contribution in [-0.2, 0) is 11.8 Å². The van der Waals surface area contributed by atoms with Gasteiger partial charge in [0.1, 0.15) is 12.2 Å². The second-order valence-electron chi connectivity index (χ2n) is 9.20. The molecule has 1 aliphatic heterocycles. The van der Waals surface area contributed by atoms with Gasteiger partial charge in [0.05, 0.1) is 19.4 Å². The molecule has 1 saturated heterocycles. The topological polar surface area (TPSA) is 172 Å². The Balaban J connectivity index is 1.55.